The molecule has 0 saturated heterocycles. The smallest absolute Gasteiger partial charge is 0.226 e. The maximum atomic E-state index is 13.5. The molecule has 0 radical (unpaired) electrons. The minimum Gasteiger partial charge on any atom is -0.360 e. The van der Waals surface area contributed by atoms with E-state index in [4.69, 9.17) is 0 Å². The van der Waals surface area contributed by atoms with Crippen LogP contribution < -0.4 is 5.32 Å². The van der Waals surface area contributed by atoms with Crippen molar-refractivity contribution in [3.63, 3.8) is 0 Å². The molecule has 0 unspecified atom stereocenters. The average molecular weight is 440 g/mol. The zero-order valence-electron chi connectivity index (χ0n) is 19.0. The molecule has 4 aromatic rings. The number of hydrogen-bond donors (Lipinski definition) is 2. The van der Waals surface area contributed by atoms with Gasteiger partial charge in [-0.05, 0) is 29.2 Å². The Kier molecular flexibility index (Phi) is 7.01. The van der Waals surface area contributed by atoms with Crippen LogP contribution in [0, 0.1) is 0 Å². The van der Waals surface area contributed by atoms with Crippen molar-refractivity contribution < 1.29 is 9.59 Å². The van der Waals surface area contributed by atoms with Crippen molar-refractivity contribution in [3.8, 4) is 0 Å². The normalized spacial score (nSPS) is 11.9. The number of benzene rings is 3. The number of nitrogens with zero attached hydrogens (tertiary/aromatic N) is 1. The second-order valence-electron chi connectivity index (χ2n) is 8.44. The molecule has 0 aliphatic heterocycles. The number of ketones is 1. The second-order valence-corrected chi connectivity index (χ2v) is 8.44. The highest BCUT2D eigenvalue weighted by Crippen LogP contribution is 2.24. The third kappa shape index (κ3) is 5.38. The largest absolute Gasteiger partial charge is 0.360 e. The molecule has 33 heavy (non-hydrogen) atoms. The Morgan fingerprint density at radius 3 is 2.27 bits per heavy atom. The Labute approximate surface area is 194 Å². The third-order valence-corrected chi connectivity index (χ3v) is 5.89. The fourth-order valence-corrected chi connectivity index (χ4v) is 3.96. The number of H-pyrrole nitrogens is 1. The summed E-state index contributed by atoms with van der Waals surface area (Å²) in [5, 5.41) is 4.41. The summed E-state index contributed by atoms with van der Waals surface area (Å²) in [7, 11) is 3.53. The number of carbonyl (C=O) groups is 2. The predicted octanol–water partition coefficient (Wildman–Crippen LogP) is 4.55. The van der Waals surface area contributed by atoms with E-state index < -0.39 is 6.04 Å². The first-order valence-electron chi connectivity index (χ1n) is 11.2. The maximum absolute atomic E-state index is 13.5. The van der Waals surface area contributed by atoms with E-state index in [1.165, 1.54) is 0 Å². The van der Waals surface area contributed by atoms with E-state index >= 15 is 0 Å². The first-order valence-corrected chi connectivity index (χ1v) is 11.2. The summed E-state index contributed by atoms with van der Waals surface area (Å²) in [6.45, 7) is 0.656. The Bertz CT molecular complexity index is 1230. The summed E-state index contributed by atoms with van der Waals surface area (Å²) < 4.78 is 0. The molecule has 0 bridgehead atoms. The molecule has 1 amide bonds. The highest BCUT2D eigenvalue weighted by Gasteiger charge is 2.23. The van der Waals surface area contributed by atoms with Crippen LogP contribution in [0.3, 0.4) is 0 Å². The van der Waals surface area contributed by atoms with Crippen LogP contribution >= 0.6 is 0 Å². The van der Waals surface area contributed by atoms with Crippen LogP contribution in [0.25, 0.3) is 10.9 Å². The molecule has 0 saturated carbocycles. The lowest BCUT2D eigenvalue weighted by atomic mass is 9.96. The summed E-state index contributed by atoms with van der Waals surface area (Å²) in [5.41, 5.74) is 4.77. The van der Waals surface area contributed by atoms with Gasteiger partial charge in [0.15, 0.2) is 5.78 Å². The van der Waals surface area contributed by atoms with Gasteiger partial charge in [-0.3, -0.25) is 9.59 Å². The summed E-state index contributed by atoms with van der Waals surface area (Å²) in [6.07, 6.45) is 2.99. The van der Waals surface area contributed by atoms with Crippen molar-refractivity contribution in [2.45, 2.75) is 18.9 Å². The standard InChI is InChI=1S/C28H29N3O2/c1-31(2)26(32)18-21-14-12-20(13-15-21)16-17-29-27(22-8-4-3-5-9-22)28(33)24-19-30-25-11-7-6-10-23(24)25/h3-15,19,27,29-30H,16-18H2,1-2H3/t27-/m0/s1. The van der Waals surface area contributed by atoms with E-state index in [0.29, 0.717) is 18.5 Å². The molecule has 5 nitrogen and oxygen atoms in total. The van der Waals surface area contributed by atoms with Gasteiger partial charge in [0.2, 0.25) is 5.91 Å². The molecular weight excluding hydrogens is 410 g/mol. The average Bonchev–Trinajstić information content (AvgIpc) is 3.27. The fourth-order valence-electron chi connectivity index (χ4n) is 3.96. The molecule has 1 aromatic heterocycles. The number of para-hydroxylation sites is 1. The number of fused-ring (bicyclic) bond motifs is 1. The Morgan fingerprint density at radius 2 is 1.55 bits per heavy atom. The summed E-state index contributed by atoms with van der Waals surface area (Å²) >= 11 is 0. The number of hydrogen-bond acceptors (Lipinski definition) is 3. The lowest BCUT2D eigenvalue weighted by molar-refractivity contribution is -0.127. The molecule has 2 N–H and O–H groups in total. The van der Waals surface area contributed by atoms with Gasteiger partial charge in [-0.25, -0.2) is 0 Å². The zero-order chi connectivity index (χ0) is 23.2. The minimum atomic E-state index is -0.428. The number of aromatic amines is 1. The predicted molar refractivity (Wildman–Crippen MR) is 132 cm³/mol. The van der Waals surface area contributed by atoms with E-state index in [1.54, 1.807) is 25.2 Å². The van der Waals surface area contributed by atoms with Crippen LogP contribution in [0.15, 0.2) is 85.1 Å². The highest BCUT2D eigenvalue weighted by molar-refractivity contribution is 6.10. The third-order valence-electron chi connectivity index (χ3n) is 5.89. The van der Waals surface area contributed by atoms with Gasteiger partial charge < -0.3 is 15.2 Å². The minimum absolute atomic E-state index is 0.0520. The first-order chi connectivity index (χ1) is 16.0. The molecule has 1 heterocycles. The number of Topliss-reactive ketones (excluding diaryl/α,β-unsaturated/α-hetero) is 1. The lowest BCUT2D eigenvalue weighted by Crippen LogP contribution is -2.30. The van der Waals surface area contributed by atoms with Gasteiger partial charge in [-0.2, -0.15) is 0 Å². The van der Waals surface area contributed by atoms with Crippen LogP contribution in [0.5, 0.6) is 0 Å². The number of amides is 1. The summed E-state index contributed by atoms with van der Waals surface area (Å²) in [6, 6.07) is 25.4. The van der Waals surface area contributed by atoms with Gasteiger partial charge >= 0.3 is 0 Å². The molecule has 4 rings (SSSR count). The molecule has 0 aliphatic rings. The monoisotopic (exact) mass is 439 g/mol. The maximum Gasteiger partial charge on any atom is 0.226 e. The molecule has 0 aliphatic carbocycles. The SMILES string of the molecule is CN(C)C(=O)Cc1ccc(CCN[C@H](C(=O)c2c[nH]c3ccccc23)c2ccccc2)cc1. The van der Waals surface area contributed by atoms with E-state index in [9.17, 15) is 9.59 Å². The van der Waals surface area contributed by atoms with Crippen molar-refractivity contribution >= 4 is 22.6 Å². The van der Waals surface area contributed by atoms with Gasteiger partial charge in [0, 0.05) is 43.3 Å². The molecular formula is C28H29N3O2. The highest BCUT2D eigenvalue weighted by atomic mass is 16.2. The number of rotatable bonds is 9. The van der Waals surface area contributed by atoms with Gasteiger partial charge in [-0.15, -0.1) is 0 Å². The lowest BCUT2D eigenvalue weighted by Gasteiger charge is -2.18. The van der Waals surface area contributed by atoms with E-state index in [0.717, 1.165) is 34.0 Å². The van der Waals surface area contributed by atoms with Crippen LogP contribution in [0.1, 0.15) is 33.1 Å². The number of aromatic nitrogens is 1. The van der Waals surface area contributed by atoms with E-state index in [-0.39, 0.29) is 11.7 Å². The number of likely N-dealkylation sites (N-methyl/N-ethyl adjacent to an activating group) is 1. The van der Waals surface area contributed by atoms with Crippen LogP contribution in [-0.4, -0.2) is 42.2 Å². The van der Waals surface area contributed by atoms with Gasteiger partial charge in [0.1, 0.15) is 0 Å². The van der Waals surface area contributed by atoms with E-state index in [1.807, 2.05) is 66.7 Å². The fraction of sp³-hybridized carbons (Fsp3) is 0.214. The van der Waals surface area contributed by atoms with Crippen molar-refractivity contribution in [1.82, 2.24) is 15.2 Å². The molecule has 1 atom stereocenters. The summed E-state index contributed by atoms with van der Waals surface area (Å²) in [4.78, 5) is 30.3. The number of carbonyl (C=O) groups excluding carboxylic acids is 2. The molecule has 3 aromatic carbocycles. The Balaban J connectivity index is 1.46. The van der Waals surface area contributed by atoms with Gasteiger partial charge in [0.25, 0.3) is 0 Å². The quantitative estimate of drug-likeness (QED) is 0.376. The van der Waals surface area contributed by atoms with Crippen molar-refractivity contribution in [2.24, 2.45) is 0 Å². The molecule has 5 heteroatoms. The Hall–Kier alpha value is -3.70. The summed E-state index contributed by atoms with van der Waals surface area (Å²) in [5.74, 6) is 0.141. The van der Waals surface area contributed by atoms with Crippen LogP contribution in [-0.2, 0) is 17.6 Å². The number of nitrogens with one attached hydrogen (secondary N) is 2. The van der Waals surface area contributed by atoms with Crippen molar-refractivity contribution in [1.29, 1.82) is 0 Å². The van der Waals surface area contributed by atoms with Gasteiger partial charge in [0.05, 0.1) is 12.5 Å². The molecule has 0 fully saturated rings. The van der Waals surface area contributed by atoms with Crippen molar-refractivity contribution in [3.05, 3.63) is 107 Å². The Morgan fingerprint density at radius 1 is 0.879 bits per heavy atom. The zero-order valence-corrected chi connectivity index (χ0v) is 19.0. The topological polar surface area (TPSA) is 65.2 Å². The van der Waals surface area contributed by atoms with E-state index in [2.05, 4.69) is 22.4 Å². The van der Waals surface area contributed by atoms with Crippen LogP contribution in [0.2, 0.25) is 0 Å². The second kappa shape index (κ2) is 10.3. The van der Waals surface area contributed by atoms with Crippen LogP contribution in [0.4, 0.5) is 0 Å². The molecule has 0 spiro atoms. The van der Waals surface area contributed by atoms with Gasteiger partial charge in [-0.1, -0.05) is 72.8 Å². The first kappa shape index (κ1) is 22.5. The molecule has 168 valence electrons. The van der Waals surface area contributed by atoms with Crippen molar-refractivity contribution in [2.75, 3.05) is 20.6 Å².